The summed E-state index contributed by atoms with van der Waals surface area (Å²) in [5.41, 5.74) is 3.66. The number of hydrogen-bond acceptors (Lipinski definition) is 4. The number of nitrogens with zero attached hydrogens (tertiary/aromatic N) is 2. The van der Waals surface area contributed by atoms with Crippen molar-refractivity contribution in [2.75, 3.05) is 20.2 Å². The van der Waals surface area contributed by atoms with Crippen molar-refractivity contribution in [1.29, 1.82) is 0 Å². The van der Waals surface area contributed by atoms with Gasteiger partial charge in [0, 0.05) is 5.56 Å². The van der Waals surface area contributed by atoms with E-state index < -0.39 is 0 Å². The quantitative estimate of drug-likeness (QED) is 0.622. The van der Waals surface area contributed by atoms with Crippen LogP contribution in [0.1, 0.15) is 28.6 Å². The molecule has 0 fully saturated rings. The van der Waals surface area contributed by atoms with Crippen LogP contribution in [-0.4, -0.2) is 35.9 Å². The molecule has 2 heterocycles. The van der Waals surface area contributed by atoms with Crippen molar-refractivity contribution in [3.63, 3.8) is 0 Å². The van der Waals surface area contributed by atoms with Crippen molar-refractivity contribution in [3.05, 3.63) is 71.9 Å². The summed E-state index contributed by atoms with van der Waals surface area (Å²) in [6.45, 7) is 1.38. The van der Waals surface area contributed by atoms with Crippen LogP contribution in [0.3, 0.4) is 0 Å². The van der Waals surface area contributed by atoms with Gasteiger partial charge in [0.15, 0.2) is 0 Å². The number of rotatable bonds is 7. The minimum atomic E-state index is -0.0883. The third-order valence-electron chi connectivity index (χ3n) is 4.97. The lowest BCUT2D eigenvalue weighted by Gasteiger charge is -2.25. The van der Waals surface area contributed by atoms with Crippen LogP contribution in [0.25, 0.3) is 11.3 Å². The lowest BCUT2D eigenvalue weighted by atomic mass is 10.1. The molecule has 6 nitrogen and oxygen atoms in total. The van der Waals surface area contributed by atoms with Gasteiger partial charge in [0.2, 0.25) is 0 Å². The van der Waals surface area contributed by atoms with Crippen molar-refractivity contribution in [2.24, 2.45) is 0 Å². The van der Waals surface area contributed by atoms with Gasteiger partial charge in [-0.1, -0.05) is 30.3 Å². The molecular weight excluding hydrogens is 352 g/mol. The lowest BCUT2D eigenvalue weighted by Crippen LogP contribution is -2.45. The van der Waals surface area contributed by atoms with Crippen LogP contribution in [0.5, 0.6) is 5.75 Å². The van der Waals surface area contributed by atoms with Crippen LogP contribution in [-0.2, 0) is 6.42 Å². The van der Waals surface area contributed by atoms with Crippen molar-refractivity contribution in [2.45, 2.75) is 19.0 Å². The van der Waals surface area contributed by atoms with Crippen molar-refractivity contribution >= 4 is 5.91 Å². The van der Waals surface area contributed by atoms with Crippen molar-refractivity contribution in [1.82, 2.24) is 20.4 Å². The Morgan fingerprint density at radius 3 is 2.71 bits per heavy atom. The summed E-state index contributed by atoms with van der Waals surface area (Å²) < 4.78 is 7.01. The zero-order chi connectivity index (χ0) is 19.3. The Hall–Kier alpha value is -3.12. The van der Waals surface area contributed by atoms with Crippen LogP contribution >= 0.6 is 0 Å². The third kappa shape index (κ3) is 3.92. The van der Waals surface area contributed by atoms with E-state index in [-0.39, 0.29) is 12.1 Å². The molecule has 1 atom stereocenters. The minimum Gasteiger partial charge on any atom is -0.497 e. The third-order valence-corrected chi connectivity index (χ3v) is 4.97. The predicted octanol–water partition coefficient (Wildman–Crippen LogP) is 3.02. The maximum absolute atomic E-state index is 12.3. The Balaban J connectivity index is 1.44. The van der Waals surface area contributed by atoms with Gasteiger partial charge in [-0.2, -0.15) is 5.10 Å². The highest BCUT2D eigenvalue weighted by atomic mass is 16.5. The van der Waals surface area contributed by atoms with Gasteiger partial charge in [-0.15, -0.1) is 0 Å². The Labute approximate surface area is 164 Å². The number of carbonyl (C=O) groups excluding carboxylic acids is 1. The second-order valence-electron chi connectivity index (χ2n) is 6.86. The second-order valence-corrected chi connectivity index (χ2v) is 6.86. The fourth-order valence-electron chi connectivity index (χ4n) is 3.44. The molecule has 1 aliphatic rings. The molecule has 4 rings (SSSR count). The number of aromatic nitrogens is 2. The molecule has 2 N–H and O–H groups in total. The number of benzene rings is 2. The van der Waals surface area contributed by atoms with E-state index in [1.807, 2.05) is 36.4 Å². The molecule has 144 valence electrons. The normalized spacial score (nSPS) is 15.8. The molecule has 1 aliphatic heterocycles. The van der Waals surface area contributed by atoms with Crippen LogP contribution in [0.2, 0.25) is 0 Å². The Morgan fingerprint density at radius 2 is 1.96 bits per heavy atom. The maximum Gasteiger partial charge on any atom is 0.269 e. The van der Waals surface area contributed by atoms with Crippen LogP contribution < -0.4 is 15.4 Å². The van der Waals surface area contributed by atoms with Crippen LogP contribution in [0, 0.1) is 0 Å². The van der Waals surface area contributed by atoms with E-state index in [1.54, 1.807) is 11.8 Å². The molecule has 0 saturated carbocycles. The van der Waals surface area contributed by atoms with Gasteiger partial charge >= 0.3 is 0 Å². The molecule has 3 aromatic rings. The number of ether oxygens (including phenoxy) is 1. The molecule has 2 aromatic carbocycles. The summed E-state index contributed by atoms with van der Waals surface area (Å²) in [7, 11) is 1.64. The van der Waals surface area contributed by atoms with E-state index in [0.717, 1.165) is 36.4 Å². The SMILES string of the molecule is COc1ccc(-c2cc3n(n2)C(NCCCc2ccccc2)CNC3=O)cc1. The number of carbonyl (C=O) groups is 1. The van der Waals surface area contributed by atoms with E-state index in [9.17, 15) is 4.79 Å². The fraction of sp³-hybridized carbons (Fsp3) is 0.273. The summed E-state index contributed by atoms with van der Waals surface area (Å²) in [4.78, 5) is 12.3. The molecule has 0 bridgehead atoms. The molecule has 1 aromatic heterocycles. The first-order chi connectivity index (χ1) is 13.7. The van der Waals surface area contributed by atoms with Gasteiger partial charge in [-0.05, 0) is 55.3 Å². The number of methoxy groups -OCH3 is 1. The van der Waals surface area contributed by atoms with Crippen LogP contribution in [0.4, 0.5) is 0 Å². The minimum absolute atomic E-state index is 0.0459. The van der Waals surface area contributed by atoms with Gasteiger partial charge in [-0.25, -0.2) is 4.68 Å². The van der Waals surface area contributed by atoms with Crippen LogP contribution in [0.15, 0.2) is 60.7 Å². The summed E-state index contributed by atoms with van der Waals surface area (Å²) in [5, 5.41) is 11.2. The monoisotopic (exact) mass is 376 g/mol. The average Bonchev–Trinajstić information content (AvgIpc) is 3.20. The van der Waals surface area contributed by atoms with Crippen molar-refractivity contribution < 1.29 is 9.53 Å². The number of aryl methyl sites for hydroxylation is 1. The van der Waals surface area contributed by atoms with Gasteiger partial charge in [-0.3, -0.25) is 10.1 Å². The van der Waals surface area contributed by atoms with E-state index in [4.69, 9.17) is 9.84 Å². The first kappa shape index (κ1) is 18.3. The first-order valence-corrected chi connectivity index (χ1v) is 9.54. The number of fused-ring (bicyclic) bond motifs is 1. The molecule has 28 heavy (non-hydrogen) atoms. The molecule has 0 saturated heterocycles. The summed E-state index contributed by atoms with van der Waals surface area (Å²) >= 11 is 0. The second kappa shape index (κ2) is 8.27. The molecule has 0 spiro atoms. The molecule has 0 aliphatic carbocycles. The number of nitrogens with one attached hydrogen (secondary N) is 2. The Bertz CT molecular complexity index is 935. The lowest BCUT2D eigenvalue weighted by molar-refractivity contribution is 0.0900. The topological polar surface area (TPSA) is 68.2 Å². The van der Waals surface area contributed by atoms with Gasteiger partial charge < -0.3 is 10.1 Å². The van der Waals surface area contributed by atoms with E-state index in [0.29, 0.717) is 12.2 Å². The summed E-state index contributed by atoms with van der Waals surface area (Å²) in [6, 6.07) is 20.0. The van der Waals surface area contributed by atoms with Gasteiger partial charge in [0.1, 0.15) is 17.6 Å². The zero-order valence-corrected chi connectivity index (χ0v) is 15.9. The molecule has 6 heteroatoms. The fourth-order valence-corrected chi connectivity index (χ4v) is 3.44. The summed E-state index contributed by atoms with van der Waals surface area (Å²) in [5.74, 6) is 0.707. The largest absolute Gasteiger partial charge is 0.497 e. The standard InChI is InChI=1S/C22H24N4O2/c1-28-18-11-9-17(10-12-18)19-14-20-22(27)24-15-21(26(20)25-19)23-13-5-8-16-6-3-2-4-7-16/h2-4,6-7,9-12,14,21,23H,5,8,13,15H2,1H3,(H,24,27). The highest BCUT2D eigenvalue weighted by Gasteiger charge is 2.26. The smallest absolute Gasteiger partial charge is 0.269 e. The molecule has 1 unspecified atom stereocenters. The van der Waals surface area contributed by atoms with Gasteiger partial charge in [0.25, 0.3) is 5.91 Å². The highest BCUT2D eigenvalue weighted by molar-refractivity contribution is 5.94. The Kier molecular flexibility index (Phi) is 5.39. The van der Waals surface area contributed by atoms with E-state index >= 15 is 0 Å². The number of hydrogen-bond donors (Lipinski definition) is 2. The zero-order valence-electron chi connectivity index (χ0n) is 15.9. The Morgan fingerprint density at radius 1 is 1.18 bits per heavy atom. The molecule has 1 amide bonds. The van der Waals surface area contributed by atoms with Crippen molar-refractivity contribution in [3.8, 4) is 17.0 Å². The first-order valence-electron chi connectivity index (χ1n) is 9.54. The summed E-state index contributed by atoms with van der Waals surface area (Å²) in [6.07, 6.45) is 2.00. The molecular formula is C22H24N4O2. The van der Waals surface area contributed by atoms with Gasteiger partial charge in [0.05, 0.1) is 19.3 Å². The van der Waals surface area contributed by atoms with E-state index in [2.05, 4.69) is 34.9 Å². The molecule has 0 radical (unpaired) electrons. The maximum atomic E-state index is 12.3. The number of amides is 1. The highest BCUT2D eigenvalue weighted by Crippen LogP contribution is 2.24. The predicted molar refractivity (Wildman–Crippen MR) is 108 cm³/mol. The average molecular weight is 376 g/mol. The van der Waals surface area contributed by atoms with E-state index in [1.165, 1.54) is 5.56 Å².